The molecule has 1 aliphatic rings. The fourth-order valence-corrected chi connectivity index (χ4v) is 2.76. The third-order valence-corrected chi connectivity index (χ3v) is 4.12. The zero-order valence-electron chi connectivity index (χ0n) is 15.7. The highest BCUT2D eigenvalue weighted by molar-refractivity contribution is 6.04. The Morgan fingerprint density at radius 3 is 2.68 bits per heavy atom. The number of ether oxygens (including phenoxy) is 2. The van der Waals surface area contributed by atoms with E-state index in [9.17, 15) is 9.90 Å². The van der Waals surface area contributed by atoms with E-state index in [0.29, 0.717) is 22.7 Å². The van der Waals surface area contributed by atoms with Crippen molar-refractivity contribution in [3.63, 3.8) is 0 Å². The van der Waals surface area contributed by atoms with Crippen molar-refractivity contribution in [2.24, 2.45) is 5.73 Å². The Hall–Kier alpha value is -3.53. The van der Waals surface area contributed by atoms with E-state index in [1.165, 1.54) is 14.2 Å². The number of aromatic nitrogens is 2. The summed E-state index contributed by atoms with van der Waals surface area (Å²) in [7, 11) is 2.98. The van der Waals surface area contributed by atoms with Crippen LogP contribution >= 0.6 is 0 Å². The smallest absolute Gasteiger partial charge is 0.319 e. The zero-order chi connectivity index (χ0) is 20.3. The van der Waals surface area contributed by atoms with Crippen LogP contribution in [0.4, 0.5) is 5.69 Å². The molecule has 148 valence electrons. The molecule has 0 saturated heterocycles. The van der Waals surface area contributed by atoms with Crippen LogP contribution in [0.2, 0.25) is 0 Å². The standard InChI is InChI=1S/C18H22N6O4/c1-9(25)7-20-16(26)15-13(19)11-6-4-5-10(14(11)23-24-15)12-8-21-18(28-3)22-17(12)27-2/h4-6,8-9,23-25H,7,19H2,1-3H3,(H,20,26). The van der Waals surface area contributed by atoms with Crippen molar-refractivity contribution in [1.29, 1.82) is 0 Å². The Balaban J connectivity index is 2.02. The van der Waals surface area contributed by atoms with Crippen LogP contribution in [0.3, 0.4) is 0 Å². The predicted molar refractivity (Wildman–Crippen MR) is 103 cm³/mol. The molecule has 1 unspecified atom stereocenters. The third kappa shape index (κ3) is 3.62. The van der Waals surface area contributed by atoms with Crippen LogP contribution < -0.4 is 31.4 Å². The van der Waals surface area contributed by atoms with Gasteiger partial charge in [-0.1, -0.05) is 18.2 Å². The monoisotopic (exact) mass is 386 g/mol. The number of anilines is 1. The lowest BCUT2D eigenvalue weighted by Gasteiger charge is -2.26. The number of amides is 1. The summed E-state index contributed by atoms with van der Waals surface area (Å²) in [5, 5.41) is 11.9. The minimum atomic E-state index is -0.663. The molecule has 0 spiro atoms. The van der Waals surface area contributed by atoms with Crippen molar-refractivity contribution in [1.82, 2.24) is 20.7 Å². The Labute approximate surface area is 161 Å². The lowest BCUT2D eigenvalue weighted by molar-refractivity contribution is -0.118. The number of benzene rings is 1. The van der Waals surface area contributed by atoms with Gasteiger partial charge in [-0.3, -0.25) is 15.6 Å². The number of fused-ring (bicyclic) bond motifs is 1. The SMILES string of the molecule is COc1ncc(-c2cccc3c2NNC(C(=O)NCC(C)O)=C3N)c(OC)n1. The maximum absolute atomic E-state index is 12.3. The number of nitrogens with one attached hydrogen (secondary N) is 3. The highest BCUT2D eigenvalue weighted by Crippen LogP contribution is 2.39. The molecule has 28 heavy (non-hydrogen) atoms. The number of hydrazine groups is 1. The van der Waals surface area contributed by atoms with Crippen LogP contribution in [-0.2, 0) is 4.79 Å². The molecular formula is C18H22N6O4. The summed E-state index contributed by atoms with van der Waals surface area (Å²) in [6.07, 6.45) is 0.927. The van der Waals surface area contributed by atoms with Crippen molar-refractivity contribution >= 4 is 17.3 Å². The fraction of sp³-hybridized carbons (Fsp3) is 0.278. The van der Waals surface area contributed by atoms with E-state index in [0.717, 1.165) is 5.56 Å². The highest BCUT2D eigenvalue weighted by Gasteiger charge is 2.25. The molecular weight excluding hydrogens is 364 g/mol. The second-order valence-corrected chi connectivity index (χ2v) is 6.11. The number of rotatable bonds is 6. The van der Waals surface area contributed by atoms with Crippen molar-refractivity contribution in [3.8, 4) is 23.0 Å². The van der Waals surface area contributed by atoms with Gasteiger partial charge >= 0.3 is 6.01 Å². The minimum Gasteiger partial charge on any atom is -0.480 e. The highest BCUT2D eigenvalue weighted by atomic mass is 16.5. The van der Waals surface area contributed by atoms with Gasteiger partial charge in [0.25, 0.3) is 5.91 Å². The second-order valence-electron chi connectivity index (χ2n) is 6.11. The molecule has 1 amide bonds. The number of methoxy groups -OCH3 is 2. The molecule has 2 aromatic rings. The average molecular weight is 386 g/mol. The quantitative estimate of drug-likeness (QED) is 0.471. The maximum atomic E-state index is 12.3. The van der Waals surface area contributed by atoms with Crippen molar-refractivity contribution in [3.05, 3.63) is 35.7 Å². The molecule has 0 bridgehead atoms. The number of aliphatic hydroxyl groups excluding tert-OH is 1. The summed E-state index contributed by atoms with van der Waals surface area (Å²) in [6, 6.07) is 5.64. The summed E-state index contributed by atoms with van der Waals surface area (Å²) >= 11 is 0. The van der Waals surface area contributed by atoms with Gasteiger partial charge in [0.15, 0.2) is 0 Å². The fourth-order valence-electron chi connectivity index (χ4n) is 2.76. The first-order valence-corrected chi connectivity index (χ1v) is 8.53. The maximum Gasteiger partial charge on any atom is 0.319 e. The summed E-state index contributed by atoms with van der Waals surface area (Å²) < 4.78 is 10.4. The van der Waals surface area contributed by atoms with E-state index in [1.807, 2.05) is 12.1 Å². The minimum absolute atomic E-state index is 0.116. The number of hydrogen-bond donors (Lipinski definition) is 5. The van der Waals surface area contributed by atoms with Crippen molar-refractivity contribution in [2.75, 3.05) is 26.2 Å². The van der Waals surface area contributed by atoms with E-state index in [-0.39, 0.29) is 23.9 Å². The molecule has 0 aliphatic carbocycles. The molecule has 1 aromatic heterocycles. The van der Waals surface area contributed by atoms with Crippen molar-refractivity contribution < 1.29 is 19.4 Å². The number of aliphatic hydroxyl groups is 1. The van der Waals surface area contributed by atoms with Crippen LogP contribution in [0.25, 0.3) is 16.8 Å². The van der Waals surface area contributed by atoms with Gasteiger partial charge in [-0.15, -0.1) is 0 Å². The largest absolute Gasteiger partial charge is 0.480 e. The molecule has 1 aromatic carbocycles. The van der Waals surface area contributed by atoms with Crippen LogP contribution in [0.15, 0.2) is 30.1 Å². The summed E-state index contributed by atoms with van der Waals surface area (Å²) in [6.45, 7) is 1.70. The third-order valence-electron chi connectivity index (χ3n) is 4.12. The van der Waals surface area contributed by atoms with Crippen LogP contribution in [0.5, 0.6) is 11.9 Å². The lowest BCUT2D eigenvalue weighted by Crippen LogP contribution is -2.41. The summed E-state index contributed by atoms with van der Waals surface area (Å²) in [5.41, 5.74) is 15.1. The Bertz CT molecular complexity index is 928. The Kier molecular flexibility index (Phi) is 5.50. The number of nitrogens with zero attached hydrogens (tertiary/aromatic N) is 2. The molecule has 3 rings (SSSR count). The van der Waals surface area contributed by atoms with E-state index in [2.05, 4.69) is 26.1 Å². The molecule has 1 atom stereocenters. The summed E-state index contributed by atoms with van der Waals surface area (Å²) in [5.74, 6) is -0.0858. The van der Waals surface area contributed by atoms with E-state index in [1.54, 1.807) is 19.2 Å². The average Bonchev–Trinajstić information content (AvgIpc) is 2.71. The van der Waals surface area contributed by atoms with Crippen LogP contribution in [-0.4, -0.2) is 47.8 Å². The van der Waals surface area contributed by atoms with Crippen LogP contribution in [0, 0.1) is 0 Å². The van der Waals surface area contributed by atoms with Gasteiger partial charge in [-0.2, -0.15) is 4.98 Å². The number of carbonyl (C=O) groups excluding carboxylic acids is 1. The first kappa shape index (κ1) is 19.2. The molecule has 10 nitrogen and oxygen atoms in total. The van der Waals surface area contributed by atoms with Gasteiger partial charge in [0.1, 0.15) is 5.70 Å². The van der Waals surface area contributed by atoms with Gasteiger partial charge in [0.2, 0.25) is 5.88 Å². The molecule has 10 heteroatoms. The van der Waals surface area contributed by atoms with Gasteiger partial charge in [0.05, 0.1) is 37.3 Å². The van der Waals surface area contributed by atoms with Crippen molar-refractivity contribution in [2.45, 2.75) is 13.0 Å². The molecule has 0 fully saturated rings. The van der Waals surface area contributed by atoms with Gasteiger partial charge in [0, 0.05) is 23.9 Å². The topological polar surface area (TPSA) is 144 Å². The van der Waals surface area contributed by atoms with Gasteiger partial charge in [-0.05, 0) is 6.92 Å². The van der Waals surface area contributed by atoms with Gasteiger partial charge < -0.3 is 25.6 Å². The lowest BCUT2D eigenvalue weighted by atomic mass is 9.98. The molecule has 2 heterocycles. The second kappa shape index (κ2) is 8.01. The number of nitrogens with two attached hydrogens (primary N) is 1. The summed E-state index contributed by atoms with van der Waals surface area (Å²) in [4.78, 5) is 20.7. The molecule has 0 radical (unpaired) electrons. The Morgan fingerprint density at radius 1 is 1.25 bits per heavy atom. The first-order valence-electron chi connectivity index (χ1n) is 8.53. The molecule has 1 aliphatic heterocycles. The van der Waals surface area contributed by atoms with Crippen LogP contribution in [0.1, 0.15) is 12.5 Å². The van der Waals surface area contributed by atoms with E-state index >= 15 is 0 Å². The molecule has 6 N–H and O–H groups in total. The first-order chi connectivity index (χ1) is 13.5. The normalized spacial score (nSPS) is 13.7. The van der Waals surface area contributed by atoms with Gasteiger partial charge in [-0.25, -0.2) is 4.98 Å². The predicted octanol–water partition coefficient (Wildman–Crippen LogP) is 0.215. The number of carbonyl (C=O) groups is 1. The Morgan fingerprint density at radius 2 is 2.00 bits per heavy atom. The van der Waals surface area contributed by atoms with E-state index in [4.69, 9.17) is 15.2 Å². The number of hydrogen-bond acceptors (Lipinski definition) is 9. The number of para-hydroxylation sites is 1. The van der Waals surface area contributed by atoms with E-state index < -0.39 is 12.0 Å². The zero-order valence-corrected chi connectivity index (χ0v) is 15.7. The molecule has 0 saturated carbocycles.